The Bertz CT molecular complexity index is 922. The zero-order chi connectivity index (χ0) is 18.6. The van der Waals surface area contributed by atoms with E-state index < -0.39 is 0 Å². The van der Waals surface area contributed by atoms with Crippen LogP contribution in [0.5, 0.6) is 0 Å². The molecule has 1 aromatic carbocycles. The molecule has 0 radical (unpaired) electrons. The van der Waals surface area contributed by atoms with Gasteiger partial charge >= 0.3 is 0 Å². The van der Waals surface area contributed by atoms with E-state index in [0.29, 0.717) is 17.0 Å². The smallest absolute Gasteiger partial charge is 0.242 e. The van der Waals surface area contributed by atoms with Crippen LogP contribution in [0.1, 0.15) is 5.56 Å². The maximum atomic E-state index is 12.5. The van der Waals surface area contributed by atoms with Gasteiger partial charge in [0.1, 0.15) is 5.52 Å². The van der Waals surface area contributed by atoms with Gasteiger partial charge in [0.15, 0.2) is 11.5 Å². The number of hydrogen-bond donors (Lipinski definition) is 2. The molecule has 0 bridgehead atoms. The lowest BCUT2D eigenvalue weighted by Crippen LogP contribution is -2.49. The summed E-state index contributed by atoms with van der Waals surface area (Å²) < 4.78 is 0. The highest BCUT2D eigenvalue weighted by Gasteiger charge is 2.21. The highest BCUT2D eigenvalue weighted by molar-refractivity contribution is 6.28. The number of nitrogens with zero attached hydrogens (tertiary/aromatic N) is 5. The van der Waals surface area contributed by atoms with Crippen molar-refractivity contribution in [2.75, 3.05) is 38.0 Å². The van der Waals surface area contributed by atoms with Gasteiger partial charge in [0.2, 0.25) is 11.2 Å². The predicted octanol–water partition coefficient (Wildman–Crippen LogP) is 1.76. The van der Waals surface area contributed by atoms with Gasteiger partial charge in [-0.15, -0.1) is 0 Å². The number of aromatic nitrogens is 4. The van der Waals surface area contributed by atoms with Gasteiger partial charge in [0.25, 0.3) is 0 Å². The number of fused-ring (bicyclic) bond motifs is 1. The SMILES string of the molecule is O=C(CNc1nc(Cl)nc2nc[nH]c12)N1CCN(Cc2ccccc2)CC1. The van der Waals surface area contributed by atoms with E-state index in [0.717, 1.165) is 32.7 Å². The number of aromatic amines is 1. The minimum Gasteiger partial charge on any atom is -0.359 e. The zero-order valence-electron chi connectivity index (χ0n) is 14.7. The third-order valence-corrected chi connectivity index (χ3v) is 4.81. The number of imidazole rings is 1. The molecular formula is C18H20ClN7O. The van der Waals surface area contributed by atoms with Crippen molar-refractivity contribution in [1.29, 1.82) is 0 Å². The van der Waals surface area contributed by atoms with Crippen molar-refractivity contribution in [2.24, 2.45) is 0 Å². The Labute approximate surface area is 161 Å². The standard InChI is InChI=1S/C18H20ClN7O/c19-18-23-16(15-17(24-18)22-12-21-15)20-10-14(27)26-8-6-25(7-9-26)11-13-4-2-1-3-5-13/h1-5,12H,6-11H2,(H2,20,21,22,23,24). The van der Waals surface area contributed by atoms with Crippen molar-refractivity contribution >= 4 is 34.5 Å². The number of nitrogens with one attached hydrogen (secondary N) is 2. The molecule has 27 heavy (non-hydrogen) atoms. The van der Waals surface area contributed by atoms with Gasteiger partial charge in [0, 0.05) is 32.7 Å². The van der Waals surface area contributed by atoms with E-state index in [4.69, 9.17) is 11.6 Å². The highest BCUT2D eigenvalue weighted by atomic mass is 35.5. The van der Waals surface area contributed by atoms with E-state index >= 15 is 0 Å². The number of carbonyl (C=O) groups is 1. The molecule has 0 atom stereocenters. The number of carbonyl (C=O) groups excluding carboxylic acids is 1. The molecule has 2 N–H and O–H groups in total. The van der Waals surface area contributed by atoms with E-state index in [1.807, 2.05) is 11.0 Å². The molecule has 1 aliphatic rings. The molecule has 2 aromatic heterocycles. The number of halogens is 1. The van der Waals surface area contributed by atoms with Gasteiger partial charge in [-0.05, 0) is 17.2 Å². The third-order valence-electron chi connectivity index (χ3n) is 4.64. The Morgan fingerprint density at radius 3 is 2.70 bits per heavy atom. The van der Waals surface area contributed by atoms with Crippen LogP contribution in [-0.4, -0.2) is 68.4 Å². The summed E-state index contributed by atoms with van der Waals surface area (Å²) in [6.07, 6.45) is 1.52. The van der Waals surface area contributed by atoms with Gasteiger partial charge < -0.3 is 15.2 Å². The van der Waals surface area contributed by atoms with Gasteiger partial charge in [-0.3, -0.25) is 9.69 Å². The van der Waals surface area contributed by atoms with Crippen LogP contribution in [0.15, 0.2) is 36.7 Å². The minimum atomic E-state index is 0.0387. The molecule has 0 saturated carbocycles. The quantitative estimate of drug-likeness (QED) is 0.650. The molecule has 1 aliphatic heterocycles. The molecule has 8 nitrogen and oxygen atoms in total. The number of piperazine rings is 1. The van der Waals surface area contributed by atoms with Crippen LogP contribution in [0.3, 0.4) is 0 Å². The third kappa shape index (κ3) is 4.17. The first-order chi connectivity index (χ1) is 13.2. The second kappa shape index (κ2) is 7.89. The Balaban J connectivity index is 1.30. The first kappa shape index (κ1) is 17.7. The van der Waals surface area contributed by atoms with Gasteiger partial charge in [-0.25, -0.2) is 4.98 Å². The van der Waals surface area contributed by atoms with Gasteiger partial charge in [-0.1, -0.05) is 30.3 Å². The summed E-state index contributed by atoms with van der Waals surface area (Å²) in [7, 11) is 0. The summed E-state index contributed by atoms with van der Waals surface area (Å²) in [6, 6.07) is 10.4. The number of H-pyrrole nitrogens is 1. The lowest BCUT2D eigenvalue weighted by Gasteiger charge is -2.34. The minimum absolute atomic E-state index is 0.0387. The maximum absolute atomic E-state index is 12.5. The summed E-state index contributed by atoms with van der Waals surface area (Å²) in [5, 5.41) is 3.15. The largest absolute Gasteiger partial charge is 0.359 e. The Kier molecular flexibility index (Phi) is 5.17. The summed E-state index contributed by atoms with van der Waals surface area (Å²) in [6.45, 7) is 4.24. The molecule has 140 valence electrons. The van der Waals surface area contributed by atoms with Crippen LogP contribution < -0.4 is 5.32 Å². The number of rotatable bonds is 5. The fourth-order valence-corrected chi connectivity index (χ4v) is 3.37. The second-order valence-corrected chi connectivity index (χ2v) is 6.78. The molecular weight excluding hydrogens is 366 g/mol. The summed E-state index contributed by atoms with van der Waals surface area (Å²) in [4.78, 5) is 32.0. The van der Waals surface area contributed by atoms with E-state index in [1.54, 1.807) is 0 Å². The maximum Gasteiger partial charge on any atom is 0.242 e. The number of anilines is 1. The molecule has 3 aromatic rings. The molecule has 1 saturated heterocycles. The van der Waals surface area contributed by atoms with Crippen molar-refractivity contribution < 1.29 is 4.79 Å². The summed E-state index contributed by atoms with van der Waals surface area (Å²) in [5.74, 6) is 0.523. The zero-order valence-corrected chi connectivity index (χ0v) is 15.5. The fourth-order valence-electron chi connectivity index (χ4n) is 3.20. The molecule has 4 rings (SSSR count). The molecule has 9 heteroatoms. The first-order valence-corrected chi connectivity index (χ1v) is 9.21. The van der Waals surface area contributed by atoms with Crippen molar-refractivity contribution in [3.8, 4) is 0 Å². The van der Waals surface area contributed by atoms with E-state index in [-0.39, 0.29) is 17.7 Å². The average molecular weight is 386 g/mol. The fraction of sp³-hybridized carbons (Fsp3) is 0.333. The van der Waals surface area contributed by atoms with Crippen LogP contribution >= 0.6 is 11.6 Å². The molecule has 1 amide bonds. The Morgan fingerprint density at radius 2 is 1.93 bits per heavy atom. The van der Waals surface area contributed by atoms with E-state index in [2.05, 4.69) is 54.4 Å². The molecule has 1 fully saturated rings. The first-order valence-electron chi connectivity index (χ1n) is 8.83. The van der Waals surface area contributed by atoms with Gasteiger partial charge in [-0.2, -0.15) is 9.97 Å². The normalized spacial score (nSPS) is 15.2. The van der Waals surface area contributed by atoms with Gasteiger partial charge in [0.05, 0.1) is 12.9 Å². The monoisotopic (exact) mass is 385 g/mol. The Morgan fingerprint density at radius 1 is 1.15 bits per heavy atom. The van der Waals surface area contributed by atoms with Crippen molar-refractivity contribution in [2.45, 2.75) is 6.54 Å². The number of hydrogen-bond acceptors (Lipinski definition) is 6. The molecule has 0 unspecified atom stereocenters. The van der Waals surface area contributed by atoms with Crippen LogP contribution in [0.2, 0.25) is 5.28 Å². The Hall–Kier alpha value is -2.71. The second-order valence-electron chi connectivity index (χ2n) is 6.44. The lowest BCUT2D eigenvalue weighted by atomic mass is 10.2. The van der Waals surface area contributed by atoms with Crippen molar-refractivity contribution in [3.63, 3.8) is 0 Å². The lowest BCUT2D eigenvalue weighted by molar-refractivity contribution is -0.131. The van der Waals surface area contributed by atoms with Crippen molar-refractivity contribution in [3.05, 3.63) is 47.5 Å². The molecule has 3 heterocycles. The predicted molar refractivity (Wildman–Crippen MR) is 103 cm³/mol. The van der Waals surface area contributed by atoms with E-state index in [1.165, 1.54) is 11.9 Å². The average Bonchev–Trinajstić information content (AvgIpc) is 3.15. The molecule has 0 spiro atoms. The van der Waals surface area contributed by atoms with Crippen molar-refractivity contribution in [1.82, 2.24) is 29.7 Å². The van der Waals surface area contributed by atoms with Crippen LogP contribution in [-0.2, 0) is 11.3 Å². The number of benzene rings is 1. The van der Waals surface area contributed by atoms with Crippen LogP contribution in [0.4, 0.5) is 5.82 Å². The highest BCUT2D eigenvalue weighted by Crippen LogP contribution is 2.18. The summed E-state index contributed by atoms with van der Waals surface area (Å²) in [5.41, 5.74) is 2.41. The topological polar surface area (TPSA) is 90.0 Å². The number of amides is 1. The summed E-state index contributed by atoms with van der Waals surface area (Å²) >= 11 is 5.91. The van der Waals surface area contributed by atoms with Crippen LogP contribution in [0, 0.1) is 0 Å². The van der Waals surface area contributed by atoms with E-state index in [9.17, 15) is 4.79 Å². The molecule has 0 aliphatic carbocycles. The van der Waals surface area contributed by atoms with Crippen LogP contribution in [0.25, 0.3) is 11.2 Å².